The molecule has 0 saturated carbocycles. The van der Waals surface area contributed by atoms with Crippen molar-refractivity contribution in [2.75, 3.05) is 5.32 Å². The zero-order valence-electron chi connectivity index (χ0n) is 9.23. The van der Waals surface area contributed by atoms with Crippen molar-refractivity contribution in [2.45, 2.75) is 18.7 Å². The average Bonchev–Trinajstić information content (AvgIpc) is 2.21. The lowest BCUT2D eigenvalue weighted by Gasteiger charge is -2.14. The van der Waals surface area contributed by atoms with Gasteiger partial charge in [-0.1, -0.05) is 29.8 Å². The second-order valence-electron chi connectivity index (χ2n) is 3.88. The molecule has 1 aromatic rings. The van der Waals surface area contributed by atoms with Gasteiger partial charge in [-0.3, -0.25) is 4.79 Å². The monoisotopic (exact) mass is 309 g/mol. The van der Waals surface area contributed by atoms with Crippen LogP contribution in [0.25, 0.3) is 0 Å². The molecule has 0 bridgehead atoms. The molecule has 1 rings (SSSR count). The molecule has 1 amide bonds. The van der Waals surface area contributed by atoms with Gasteiger partial charge in [0.25, 0.3) is 0 Å². The largest absolute Gasteiger partial charge is 0.320 e. The Bertz CT molecular complexity index is 414. The van der Waals surface area contributed by atoms with Crippen LogP contribution < -0.4 is 5.32 Å². The normalized spacial score (nSPS) is 12.6. The average molecular weight is 310 g/mol. The molecule has 1 unspecified atom stereocenters. The molecule has 0 aliphatic rings. The lowest BCUT2D eigenvalue weighted by atomic mass is 10.1. The summed E-state index contributed by atoms with van der Waals surface area (Å²) < 4.78 is 39.1. The predicted molar refractivity (Wildman–Crippen MR) is 62.5 cm³/mol. The number of nitrogens with one attached hydrogen (secondary N) is 1. The van der Waals surface area contributed by atoms with E-state index in [4.69, 9.17) is 0 Å². The number of rotatable bonds is 3. The SMILES string of the molecule is CC(C)C(Br)C(=O)Nc1c(F)cc(F)cc1F. The topological polar surface area (TPSA) is 29.1 Å². The van der Waals surface area contributed by atoms with Gasteiger partial charge in [0.2, 0.25) is 5.91 Å². The molecule has 1 aromatic carbocycles. The van der Waals surface area contributed by atoms with Crippen LogP contribution in [0.2, 0.25) is 0 Å². The Morgan fingerprint density at radius 1 is 1.24 bits per heavy atom. The van der Waals surface area contributed by atoms with Gasteiger partial charge in [-0.15, -0.1) is 0 Å². The predicted octanol–water partition coefficient (Wildman–Crippen LogP) is 3.46. The van der Waals surface area contributed by atoms with Crippen molar-refractivity contribution in [1.82, 2.24) is 0 Å². The molecule has 0 aromatic heterocycles. The van der Waals surface area contributed by atoms with E-state index in [0.29, 0.717) is 12.1 Å². The lowest BCUT2D eigenvalue weighted by Crippen LogP contribution is -2.27. The van der Waals surface area contributed by atoms with E-state index >= 15 is 0 Å². The first-order valence-electron chi connectivity index (χ1n) is 4.92. The summed E-state index contributed by atoms with van der Waals surface area (Å²) in [5.41, 5.74) is -0.637. The summed E-state index contributed by atoms with van der Waals surface area (Å²) in [4.78, 5) is 11.0. The number of halogens is 4. The number of hydrogen-bond donors (Lipinski definition) is 1. The Labute approximate surface area is 105 Å². The third-order valence-electron chi connectivity index (χ3n) is 2.09. The minimum atomic E-state index is -1.14. The highest BCUT2D eigenvalue weighted by Crippen LogP contribution is 2.22. The molecule has 6 heteroatoms. The molecule has 1 atom stereocenters. The Balaban J connectivity index is 2.93. The number of amides is 1. The molecule has 0 radical (unpaired) electrons. The van der Waals surface area contributed by atoms with Gasteiger partial charge >= 0.3 is 0 Å². The quantitative estimate of drug-likeness (QED) is 0.851. The molecular formula is C11H11BrF3NO. The highest BCUT2D eigenvalue weighted by atomic mass is 79.9. The van der Waals surface area contributed by atoms with Crippen LogP contribution in [0.1, 0.15) is 13.8 Å². The maximum absolute atomic E-state index is 13.2. The molecule has 1 N–H and O–H groups in total. The Kier molecular flexibility index (Phi) is 4.56. The molecule has 0 spiro atoms. The van der Waals surface area contributed by atoms with E-state index in [1.165, 1.54) is 0 Å². The van der Waals surface area contributed by atoms with Crippen molar-refractivity contribution in [3.05, 3.63) is 29.6 Å². The second kappa shape index (κ2) is 5.53. The molecule has 0 fully saturated rings. The first-order valence-corrected chi connectivity index (χ1v) is 5.84. The highest BCUT2D eigenvalue weighted by Gasteiger charge is 2.21. The third-order valence-corrected chi connectivity index (χ3v) is 3.56. The maximum Gasteiger partial charge on any atom is 0.238 e. The molecule has 0 heterocycles. The van der Waals surface area contributed by atoms with Gasteiger partial charge < -0.3 is 5.32 Å². The van der Waals surface area contributed by atoms with Crippen molar-refractivity contribution in [1.29, 1.82) is 0 Å². The molecule has 2 nitrogen and oxygen atoms in total. The van der Waals surface area contributed by atoms with Crippen molar-refractivity contribution < 1.29 is 18.0 Å². The van der Waals surface area contributed by atoms with Crippen LogP contribution in [0.5, 0.6) is 0 Å². The number of carbonyl (C=O) groups excluding carboxylic acids is 1. The first kappa shape index (κ1) is 14.0. The smallest absolute Gasteiger partial charge is 0.238 e. The molecule has 94 valence electrons. The fraction of sp³-hybridized carbons (Fsp3) is 0.364. The molecular weight excluding hydrogens is 299 g/mol. The second-order valence-corrected chi connectivity index (χ2v) is 4.87. The summed E-state index contributed by atoms with van der Waals surface area (Å²) in [5, 5.41) is 2.08. The van der Waals surface area contributed by atoms with E-state index in [-0.39, 0.29) is 5.92 Å². The van der Waals surface area contributed by atoms with Crippen LogP contribution in [-0.4, -0.2) is 10.7 Å². The van der Waals surface area contributed by atoms with Crippen LogP contribution in [0.15, 0.2) is 12.1 Å². The van der Waals surface area contributed by atoms with Crippen molar-refractivity contribution in [3.63, 3.8) is 0 Å². The standard InChI is InChI=1S/C11H11BrF3NO/c1-5(2)9(12)11(17)16-10-7(14)3-6(13)4-8(10)15/h3-5,9H,1-2H3,(H,16,17). The minimum Gasteiger partial charge on any atom is -0.320 e. The van der Waals surface area contributed by atoms with Crippen LogP contribution in [-0.2, 0) is 4.79 Å². The summed E-state index contributed by atoms with van der Waals surface area (Å²) in [6.07, 6.45) is 0. The fourth-order valence-corrected chi connectivity index (χ4v) is 1.27. The van der Waals surface area contributed by atoms with Gasteiger partial charge in [-0.25, -0.2) is 13.2 Å². The van der Waals surface area contributed by atoms with Crippen LogP contribution in [0, 0.1) is 23.4 Å². The van der Waals surface area contributed by atoms with E-state index in [2.05, 4.69) is 21.2 Å². The van der Waals surface area contributed by atoms with Gasteiger partial charge in [-0.2, -0.15) is 0 Å². The van der Waals surface area contributed by atoms with Gasteiger partial charge in [0.05, 0.1) is 4.83 Å². The first-order chi connectivity index (χ1) is 7.82. The van der Waals surface area contributed by atoms with Gasteiger partial charge in [0.15, 0.2) is 11.6 Å². The van der Waals surface area contributed by atoms with Crippen LogP contribution >= 0.6 is 15.9 Å². The maximum atomic E-state index is 13.2. The van der Waals surface area contributed by atoms with Crippen molar-refractivity contribution in [3.8, 4) is 0 Å². The third kappa shape index (κ3) is 3.46. The highest BCUT2D eigenvalue weighted by molar-refractivity contribution is 9.10. The zero-order valence-corrected chi connectivity index (χ0v) is 10.8. The molecule has 0 saturated heterocycles. The van der Waals surface area contributed by atoms with E-state index in [9.17, 15) is 18.0 Å². The van der Waals surface area contributed by atoms with E-state index in [1.54, 1.807) is 13.8 Å². The molecule has 0 aliphatic heterocycles. The Morgan fingerprint density at radius 3 is 2.12 bits per heavy atom. The fourth-order valence-electron chi connectivity index (χ4n) is 1.16. The summed E-state index contributed by atoms with van der Waals surface area (Å²) in [6.45, 7) is 3.55. The Morgan fingerprint density at radius 2 is 1.71 bits per heavy atom. The van der Waals surface area contributed by atoms with E-state index in [1.807, 2.05) is 0 Å². The van der Waals surface area contributed by atoms with Gasteiger partial charge in [-0.05, 0) is 5.92 Å². The van der Waals surface area contributed by atoms with Gasteiger partial charge in [0, 0.05) is 12.1 Å². The minimum absolute atomic E-state index is 0.0402. The summed E-state index contributed by atoms with van der Waals surface area (Å²) in [7, 11) is 0. The zero-order chi connectivity index (χ0) is 13.2. The lowest BCUT2D eigenvalue weighted by molar-refractivity contribution is -0.116. The summed E-state index contributed by atoms with van der Waals surface area (Å²) in [5.74, 6) is -3.93. The van der Waals surface area contributed by atoms with Gasteiger partial charge in [0.1, 0.15) is 11.5 Å². The van der Waals surface area contributed by atoms with Crippen molar-refractivity contribution in [2.24, 2.45) is 5.92 Å². The molecule has 17 heavy (non-hydrogen) atoms. The molecule has 0 aliphatic carbocycles. The number of hydrogen-bond acceptors (Lipinski definition) is 1. The van der Waals surface area contributed by atoms with Crippen LogP contribution in [0.3, 0.4) is 0 Å². The number of benzene rings is 1. The van der Waals surface area contributed by atoms with E-state index in [0.717, 1.165) is 0 Å². The van der Waals surface area contributed by atoms with Crippen LogP contribution in [0.4, 0.5) is 18.9 Å². The number of anilines is 1. The number of carbonyl (C=O) groups is 1. The number of alkyl halides is 1. The summed E-state index contributed by atoms with van der Waals surface area (Å²) in [6, 6.07) is 1.02. The summed E-state index contributed by atoms with van der Waals surface area (Å²) >= 11 is 3.10. The Hall–Kier alpha value is -1.04. The van der Waals surface area contributed by atoms with Crippen molar-refractivity contribution >= 4 is 27.5 Å². The van der Waals surface area contributed by atoms with E-state index < -0.39 is 33.9 Å².